The number of benzene rings is 1. The Morgan fingerprint density at radius 3 is 2.89 bits per heavy atom. The summed E-state index contributed by atoms with van der Waals surface area (Å²) in [5.74, 6) is 0.597. The molecule has 100 valence electrons. The third-order valence-corrected chi connectivity index (χ3v) is 2.76. The molecule has 1 aromatic rings. The van der Waals surface area contributed by atoms with E-state index in [1.165, 1.54) is 0 Å². The fourth-order valence-corrected chi connectivity index (χ4v) is 1.96. The Labute approximate surface area is 112 Å². The van der Waals surface area contributed by atoms with Gasteiger partial charge in [-0.1, -0.05) is 12.1 Å². The zero-order valence-electron chi connectivity index (χ0n) is 9.88. The summed E-state index contributed by atoms with van der Waals surface area (Å²) in [6.45, 7) is 0.816. The molecule has 1 aliphatic heterocycles. The van der Waals surface area contributed by atoms with Crippen LogP contribution < -0.4 is 28.3 Å². The van der Waals surface area contributed by atoms with Crippen LogP contribution >= 0.6 is 0 Å². The highest BCUT2D eigenvalue weighted by Gasteiger charge is 2.37. The molecular weight excluding hydrogens is 256 g/mol. The van der Waals surface area contributed by atoms with E-state index < -0.39 is 7.12 Å². The fraction of sp³-hybridized carbons (Fsp3) is 0.455. The van der Waals surface area contributed by atoms with Gasteiger partial charge < -0.3 is 37.7 Å². The van der Waals surface area contributed by atoms with E-state index in [2.05, 4.69) is 0 Å². The maximum atomic E-state index is 9.81. The number of halogens is 1. The van der Waals surface area contributed by atoms with Crippen LogP contribution in [0.15, 0.2) is 18.2 Å². The molecule has 1 aliphatic rings. The molecule has 1 atom stereocenters. The highest BCUT2D eigenvalue weighted by molar-refractivity contribution is 6.62. The summed E-state index contributed by atoms with van der Waals surface area (Å²) in [6.07, 6.45) is 0.280. The van der Waals surface area contributed by atoms with Crippen LogP contribution in [0.1, 0.15) is 18.1 Å². The molecule has 0 amide bonds. The van der Waals surface area contributed by atoms with E-state index in [0.717, 1.165) is 5.56 Å². The first-order valence-corrected chi connectivity index (χ1v) is 5.68. The van der Waals surface area contributed by atoms with Gasteiger partial charge in [0.2, 0.25) is 0 Å². The molecule has 1 aromatic carbocycles. The third kappa shape index (κ3) is 2.96. The van der Waals surface area contributed by atoms with Crippen LogP contribution in [0.5, 0.6) is 5.75 Å². The zero-order chi connectivity index (χ0) is 12.3. The topological polar surface area (TPSA) is 84.9 Å². The SMILES string of the molecule is NCC1OB(O)c2c(OCCCO)cccc21.[Cl-]. The maximum absolute atomic E-state index is 9.81. The number of nitrogens with two attached hydrogens (primary N) is 1. The lowest BCUT2D eigenvalue weighted by Gasteiger charge is -2.11. The molecule has 0 saturated carbocycles. The lowest BCUT2D eigenvalue weighted by atomic mass is 9.78. The fourth-order valence-electron chi connectivity index (χ4n) is 1.96. The molecule has 0 fully saturated rings. The minimum Gasteiger partial charge on any atom is -1.00 e. The number of aliphatic hydroxyl groups excluding tert-OH is 1. The van der Waals surface area contributed by atoms with Crippen LogP contribution in [0.3, 0.4) is 0 Å². The molecule has 0 radical (unpaired) electrons. The van der Waals surface area contributed by atoms with E-state index in [0.29, 0.717) is 30.8 Å². The van der Waals surface area contributed by atoms with E-state index in [1.807, 2.05) is 12.1 Å². The Bertz CT molecular complexity index is 393. The number of fused-ring (bicyclic) bond motifs is 1. The highest BCUT2D eigenvalue weighted by Crippen LogP contribution is 2.26. The first-order valence-electron chi connectivity index (χ1n) is 5.68. The van der Waals surface area contributed by atoms with Gasteiger partial charge in [-0.25, -0.2) is 0 Å². The summed E-state index contributed by atoms with van der Waals surface area (Å²) in [7, 11) is -0.983. The third-order valence-electron chi connectivity index (χ3n) is 2.76. The largest absolute Gasteiger partial charge is 1.00 e. The second-order valence-electron chi connectivity index (χ2n) is 3.90. The normalized spacial score (nSPS) is 17.3. The molecule has 0 bridgehead atoms. The molecular formula is C11H16BClNO4-. The van der Waals surface area contributed by atoms with Gasteiger partial charge in [0, 0.05) is 25.0 Å². The molecule has 0 aliphatic carbocycles. The van der Waals surface area contributed by atoms with Crippen LogP contribution in [0.2, 0.25) is 0 Å². The van der Waals surface area contributed by atoms with Crippen LogP contribution in [-0.4, -0.2) is 37.0 Å². The molecule has 1 heterocycles. The summed E-state index contributed by atoms with van der Waals surface area (Å²) >= 11 is 0. The summed E-state index contributed by atoms with van der Waals surface area (Å²) < 4.78 is 10.8. The second kappa shape index (κ2) is 6.96. The van der Waals surface area contributed by atoms with Gasteiger partial charge in [0.15, 0.2) is 0 Å². The van der Waals surface area contributed by atoms with E-state index in [9.17, 15) is 5.02 Å². The minimum atomic E-state index is -0.983. The van der Waals surface area contributed by atoms with Crippen LogP contribution in [-0.2, 0) is 4.65 Å². The van der Waals surface area contributed by atoms with Crippen LogP contribution in [0.4, 0.5) is 0 Å². The predicted octanol–water partition coefficient (Wildman–Crippen LogP) is -3.83. The quantitative estimate of drug-likeness (QED) is 0.378. The predicted molar refractivity (Wildman–Crippen MR) is 64.1 cm³/mol. The Morgan fingerprint density at radius 1 is 1.44 bits per heavy atom. The van der Waals surface area contributed by atoms with Crippen LogP contribution in [0, 0.1) is 0 Å². The Kier molecular flexibility index (Phi) is 5.91. The monoisotopic (exact) mass is 272 g/mol. The number of aliphatic hydroxyl groups is 1. The molecule has 1 unspecified atom stereocenters. The van der Waals surface area contributed by atoms with Gasteiger partial charge in [-0.2, -0.15) is 0 Å². The molecule has 4 N–H and O–H groups in total. The van der Waals surface area contributed by atoms with Crippen molar-refractivity contribution >= 4 is 12.6 Å². The number of hydrogen-bond acceptors (Lipinski definition) is 5. The van der Waals surface area contributed by atoms with Crippen molar-refractivity contribution in [1.29, 1.82) is 0 Å². The van der Waals surface area contributed by atoms with Crippen molar-refractivity contribution in [3.63, 3.8) is 0 Å². The van der Waals surface area contributed by atoms with Crippen molar-refractivity contribution in [3.05, 3.63) is 23.8 Å². The average molecular weight is 273 g/mol. The van der Waals surface area contributed by atoms with Crippen molar-refractivity contribution in [2.75, 3.05) is 19.8 Å². The minimum absolute atomic E-state index is 0. The second-order valence-corrected chi connectivity index (χ2v) is 3.90. The first-order chi connectivity index (χ1) is 8.27. The summed E-state index contributed by atoms with van der Waals surface area (Å²) in [5.41, 5.74) is 7.10. The van der Waals surface area contributed by atoms with E-state index >= 15 is 0 Å². The smallest absolute Gasteiger partial charge is 0.495 e. The van der Waals surface area contributed by atoms with Crippen molar-refractivity contribution in [2.45, 2.75) is 12.5 Å². The molecule has 0 spiro atoms. The number of hydrogen-bond donors (Lipinski definition) is 3. The average Bonchev–Trinajstić information content (AvgIpc) is 2.68. The Morgan fingerprint density at radius 2 is 2.22 bits per heavy atom. The summed E-state index contributed by atoms with van der Waals surface area (Å²) in [5, 5.41) is 18.5. The van der Waals surface area contributed by atoms with Gasteiger partial charge in [0.25, 0.3) is 0 Å². The lowest BCUT2D eigenvalue weighted by Crippen LogP contribution is -3.00. The van der Waals surface area contributed by atoms with Crippen molar-refractivity contribution < 1.29 is 31.9 Å². The van der Waals surface area contributed by atoms with E-state index in [-0.39, 0.29) is 25.1 Å². The van der Waals surface area contributed by atoms with E-state index in [4.69, 9.17) is 20.2 Å². The summed E-state index contributed by atoms with van der Waals surface area (Å²) in [6, 6.07) is 5.50. The van der Waals surface area contributed by atoms with Gasteiger partial charge in [-0.05, 0) is 11.6 Å². The van der Waals surface area contributed by atoms with Crippen molar-refractivity contribution in [2.24, 2.45) is 5.73 Å². The van der Waals surface area contributed by atoms with Gasteiger partial charge in [-0.15, -0.1) is 0 Å². The van der Waals surface area contributed by atoms with Gasteiger partial charge >= 0.3 is 7.12 Å². The summed E-state index contributed by atoms with van der Waals surface area (Å²) in [4.78, 5) is 0. The van der Waals surface area contributed by atoms with Gasteiger partial charge in [0.05, 0.1) is 12.7 Å². The number of rotatable bonds is 5. The van der Waals surface area contributed by atoms with Crippen molar-refractivity contribution in [3.8, 4) is 5.75 Å². The molecule has 18 heavy (non-hydrogen) atoms. The van der Waals surface area contributed by atoms with Gasteiger partial charge in [-0.3, -0.25) is 0 Å². The highest BCUT2D eigenvalue weighted by atomic mass is 35.5. The molecule has 0 aromatic heterocycles. The van der Waals surface area contributed by atoms with Gasteiger partial charge in [0.1, 0.15) is 5.75 Å². The van der Waals surface area contributed by atoms with E-state index in [1.54, 1.807) is 6.07 Å². The molecule has 2 rings (SSSR count). The molecule has 5 nitrogen and oxygen atoms in total. The lowest BCUT2D eigenvalue weighted by molar-refractivity contribution is -0.00000804. The van der Waals surface area contributed by atoms with Crippen molar-refractivity contribution in [1.82, 2.24) is 0 Å². The first kappa shape index (κ1) is 15.3. The Hall–Kier alpha value is -0.785. The number of ether oxygens (including phenoxy) is 1. The molecule has 0 saturated heterocycles. The standard InChI is InChI=1S/C11H16BNO4.ClH/c13-7-10-8-3-1-4-9(16-6-2-5-14)11(8)12(15)17-10;/h1,3-4,10,14-15H,2,5-7,13H2;1H/p-1. The maximum Gasteiger partial charge on any atom is 0.495 e. The molecule has 7 heteroatoms. The van der Waals surface area contributed by atoms with Crippen LogP contribution in [0.25, 0.3) is 0 Å². The zero-order valence-corrected chi connectivity index (χ0v) is 10.6. The Balaban J connectivity index is 0.00000162.